The lowest BCUT2D eigenvalue weighted by molar-refractivity contribution is 0.575. The summed E-state index contributed by atoms with van der Waals surface area (Å²) in [7, 11) is -3.52. The third-order valence-corrected chi connectivity index (χ3v) is 5.10. The number of halogens is 1. The molecule has 0 aromatic carbocycles. The molecule has 1 heterocycles. The van der Waals surface area contributed by atoms with Gasteiger partial charge < -0.3 is 5.32 Å². The van der Waals surface area contributed by atoms with Gasteiger partial charge in [0.1, 0.15) is 10.7 Å². The highest BCUT2D eigenvalue weighted by Gasteiger charge is 2.23. The highest BCUT2D eigenvalue weighted by Crippen LogP contribution is 2.32. The Morgan fingerprint density at radius 2 is 2.15 bits per heavy atom. The van der Waals surface area contributed by atoms with Crippen molar-refractivity contribution in [1.29, 1.82) is 0 Å². The quantitative estimate of drug-likeness (QED) is 0.746. The molecular formula is C13H20BrN3O2S. The van der Waals surface area contributed by atoms with Crippen molar-refractivity contribution in [1.82, 2.24) is 9.71 Å². The van der Waals surface area contributed by atoms with Crippen LogP contribution >= 0.6 is 15.9 Å². The molecule has 1 aromatic rings. The number of hydrogen-bond donors (Lipinski definition) is 2. The third kappa shape index (κ3) is 4.43. The number of hydrogen-bond acceptors (Lipinski definition) is 4. The van der Waals surface area contributed by atoms with Gasteiger partial charge in [0, 0.05) is 23.8 Å². The predicted octanol–water partition coefficient (Wildman–Crippen LogP) is 2.74. The molecule has 112 valence electrons. The van der Waals surface area contributed by atoms with Gasteiger partial charge in [0.2, 0.25) is 10.0 Å². The van der Waals surface area contributed by atoms with Crippen LogP contribution in [0.15, 0.2) is 21.6 Å². The van der Waals surface area contributed by atoms with Crippen LogP contribution in [-0.4, -0.2) is 26.5 Å². The molecule has 2 N–H and O–H groups in total. The summed E-state index contributed by atoms with van der Waals surface area (Å²) in [6.07, 6.45) is 5.87. The van der Waals surface area contributed by atoms with E-state index in [0.717, 1.165) is 12.8 Å². The van der Waals surface area contributed by atoms with Crippen molar-refractivity contribution in [3.8, 4) is 0 Å². The molecule has 0 unspecified atom stereocenters. The number of sulfonamides is 1. The smallest absolute Gasteiger partial charge is 0.244 e. The molecule has 0 spiro atoms. The molecule has 20 heavy (non-hydrogen) atoms. The van der Waals surface area contributed by atoms with E-state index in [1.165, 1.54) is 12.8 Å². The Morgan fingerprint density at radius 3 is 2.80 bits per heavy atom. The molecule has 1 saturated carbocycles. The molecule has 1 fully saturated rings. The Balaban J connectivity index is 2.12. The lowest BCUT2D eigenvalue weighted by Gasteiger charge is -2.12. The summed E-state index contributed by atoms with van der Waals surface area (Å²) in [5.74, 6) is 1.12. The zero-order valence-corrected chi connectivity index (χ0v) is 13.9. The summed E-state index contributed by atoms with van der Waals surface area (Å²) in [5.41, 5.74) is 0. The largest absolute Gasteiger partial charge is 0.369 e. The highest BCUT2D eigenvalue weighted by molar-refractivity contribution is 9.10. The molecule has 7 heteroatoms. The molecule has 1 aromatic heterocycles. The summed E-state index contributed by atoms with van der Waals surface area (Å²) in [4.78, 5) is 4.37. The minimum Gasteiger partial charge on any atom is -0.369 e. The number of rotatable bonds is 8. The first-order valence-corrected chi connectivity index (χ1v) is 9.19. The highest BCUT2D eigenvalue weighted by atomic mass is 79.9. The topological polar surface area (TPSA) is 71.1 Å². The maximum Gasteiger partial charge on any atom is 0.244 e. The zero-order valence-electron chi connectivity index (χ0n) is 11.5. The Kier molecular flexibility index (Phi) is 5.40. The summed E-state index contributed by atoms with van der Waals surface area (Å²) in [6, 6.07) is 1.59. The minimum absolute atomic E-state index is 0.205. The van der Waals surface area contributed by atoms with E-state index >= 15 is 0 Å². The molecule has 0 aliphatic heterocycles. The van der Waals surface area contributed by atoms with Crippen molar-refractivity contribution in [2.24, 2.45) is 5.92 Å². The Bertz CT molecular complexity index is 559. The maximum absolute atomic E-state index is 12.4. The molecule has 0 amide bonds. The average Bonchev–Trinajstić information content (AvgIpc) is 3.21. The first kappa shape index (κ1) is 15.7. The summed E-state index contributed by atoms with van der Waals surface area (Å²) >= 11 is 3.28. The van der Waals surface area contributed by atoms with Crippen LogP contribution in [0.1, 0.15) is 32.6 Å². The van der Waals surface area contributed by atoms with Crippen LogP contribution in [0.5, 0.6) is 0 Å². The van der Waals surface area contributed by atoms with Crippen molar-refractivity contribution < 1.29 is 8.42 Å². The molecule has 0 radical (unpaired) electrons. The van der Waals surface area contributed by atoms with Gasteiger partial charge in [0.15, 0.2) is 0 Å². The summed E-state index contributed by atoms with van der Waals surface area (Å²) < 4.78 is 28.0. The first-order valence-electron chi connectivity index (χ1n) is 6.92. The van der Waals surface area contributed by atoms with Gasteiger partial charge in [0.25, 0.3) is 0 Å². The number of anilines is 1. The van der Waals surface area contributed by atoms with Gasteiger partial charge in [-0.05, 0) is 40.8 Å². The lowest BCUT2D eigenvalue weighted by Crippen LogP contribution is -2.26. The van der Waals surface area contributed by atoms with Gasteiger partial charge in [-0.1, -0.05) is 19.8 Å². The number of nitrogens with zero attached hydrogens (tertiary/aromatic N) is 1. The summed E-state index contributed by atoms with van der Waals surface area (Å²) in [5, 5.41) is 3.06. The Morgan fingerprint density at radius 1 is 1.40 bits per heavy atom. The van der Waals surface area contributed by atoms with E-state index < -0.39 is 10.0 Å². The van der Waals surface area contributed by atoms with E-state index in [1.807, 2.05) is 6.92 Å². The maximum atomic E-state index is 12.4. The van der Waals surface area contributed by atoms with Gasteiger partial charge in [0.05, 0.1) is 0 Å². The molecule has 1 aliphatic carbocycles. The predicted molar refractivity (Wildman–Crippen MR) is 83.2 cm³/mol. The normalized spacial score (nSPS) is 15.3. The van der Waals surface area contributed by atoms with Crippen molar-refractivity contribution in [2.45, 2.75) is 37.5 Å². The zero-order chi connectivity index (χ0) is 14.6. The van der Waals surface area contributed by atoms with Crippen LogP contribution < -0.4 is 10.0 Å². The van der Waals surface area contributed by atoms with Crippen molar-refractivity contribution in [3.05, 3.63) is 16.7 Å². The van der Waals surface area contributed by atoms with E-state index in [9.17, 15) is 8.42 Å². The fourth-order valence-corrected chi connectivity index (χ4v) is 3.57. The molecule has 0 bridgehead atoms. The molecule has 2 rings (SSSR count). The van der Waals surface area contributed by atoms with Crippen LogP contribution in [0.25, 0.3) is 0 Å². The fraction of sp³-hybridized carbons (Fsp3) is 0.615. The van der Waals surface area contributed by atoms with Crippen LogP contribution in [0.4, 0.5) is 5.82 Å². The van der Waals surface area contributed by atoms with E-state index in [0.29, 0.717) is 29.3 Å². The second-order valence-corrected chi connectivity index (χ2v) is 7.71. The molecule has 1 aliphatic rings. The van der Waals surface area contributed by atoms with Crippen LogP contribution in [-0.2, 0) is 10.0 Å². The molecular weight excluding hydrogens is 342 g/mol. The molecule has 0 atom stereocenters. The van der Waals surface area contributed by atoms with Crippen molar-refractivity contribution in [2.75, 3.05) is 18.4 Å². The third-order valence-electron chi connectivity index (χ3n) is 3.19. The lowest BCUT2D eigenvalue weighted by atomic mass is 10.3. The fourth-order valence-electron chi connectivity index (χ4n) is 1.88. The Hall–Kier alpha value is -0.660. The van der Waals surface area contributed by atoms with Gasteiger partial charge >= 0.3 is 0 Å². The first-order chi connectivity index (χ1) is 9.53. The van der Waals surface area contributed by atoms with Crippen LogP contribution in [0.2, 0.25) is 0 Å². The van der Waals surface area contributed by atoms with Gasteiger partial charge in [-0.2, -0.15) is 0 Å². The second kappa shape index (κ2) is 6.87. The van der Waals surface area contributed by atoms with E-state index in [2.05, 4.69) is 31.0 Å². The number of aromatic nitrogens is 1. The van der Waals surface area contributed by atoms with Crippen molar-refractivity contribution >= 4 is 31.8 Å². The van der Waals surface area contributed by atoms with Gasteiger partial charge in [-0.3, -0.25) is 0 Å². The average molecular weight is 362 g/mol. The monoisotopic (exact) mass is 361 g/mol. The number of pyridine rings is 1. The standard InChI is InChI=1S/C13H20BrN3O2S/c1-2-6-15-13-12(8-11(14)9-16-13)20(18,19)17-7-5-10-3-4-10/h8-10,17H,2-7H2,1H3,(H,15,16). The van der Waals surface area contributed by atoms with E-state index in [4.69, 9.17) is 0 Å². The minimum atomic E-state index is -3.52. The number of nitrogens with one attached hydrogen (secondary N) is 2. The second-order valence-electron chi connectivity index (χ2n) is 5.06. The van der Waals surface area contributed by atoms with Gasteiger partial charge in [-0.15, -0.1) is 0 Å². The van der Waals surface area contributed by atoms with Crippen LogP contribution in [0, 0.1) is 5.92 Å². The summed E-state index contributed by atoms with van der Waals surface area (Å²) in [6.45, 7) is 3.21. The van der Waals surface area contributed by atoms with Crippen LogP contribution in [0.3, 0.4) is 0 Å². The van der Waals surface area contributed by atoms with Gasteiger partial charge in [-0.25, -0.2) is 18.1 Å². The SMILES string of the molecule is CCCNc1ncc(Br)cc1S(=O)(=O)NCCC1CC1. The Labute approximate surface area is 128 Å². The van der Waals surface area contributed by atoms with E-state index in [-0.39, 0.29) is 4.90 Å². The molecule has 0 saturated heterocycles. The van der Waals surface area contributed by atoms with Crippen molar-refractivity contribution in [3.63, 3.8) is 0 Å². The molecule has 5 nitrogen and oxygen atoms in total. The van der Waals surface area contributed by atoms with E-state index in [1.54, 1.807) is 12.3 Å².